The number of halogens is 3. The van der Waals surface area contributed by atoms with Gasteiger partial charge in [0.05, 0.1) is 10.6 Å². The average molecular weight is 288 g/mol. The highest BCUT2D eigenvalue weighted by atomic mass is 32.1. The van der Waals surface area contributed by atoms with Crippen LogP contribution >= 0.6 is 11.5 Å². The van der Waals surface area contributed by atoms with Gasteiger partial charge in [-0.2, -0.15) is 0 Å². The fourth-order valence-corrected chi connectivity index (χ4v) is 2.43. The normalized spacial score (nSPS) is 12.7. The molecule has 1 aromatic carbocycles. The lowest BCUT2D eigenvalue weighted by atomic mass is 10.0. The van der Waals surface area contributed by atoms with Gasteiger partial charge in [0.25, 0.3) is 0 Å². The first kappa shape index (κ1) is 14.0. The van der Waals surface area contributed by atoms with Crippen molar-refractivity contribution in [2.75, 3.05) is 0 Å². The van der Waals surface area contributed by atoms with Gasteiger partial charge in [0.2, 0.25) is 0 Å². The molecule has 2 rings (SSSR count). The molecule has 0 spiro atoms. The first-order valence-corrected chi connectivity index (χ1v) is 6.46. The van der Waals surface area contributed by atoms with Crippen LogP contribution in [0.5, 0.6) is 0 Å². The molecule has 2 aromatic rings. The van der Waals surface area contributed by atoms with Gasteiger partial charge in [-0.1, -0.05) is 17.8 Å². The van der Waals surface area contributed by atoms with E-state index in [-0.39, 0.29) is 5.56 Å². The largest absolute Gasteiger partial charge is 0.383 e. The molecule has 0 radical (unpaired) electrons. The summed E-state index contributed by atoms with van der Waals surface area (Å²) in [5.74, 6) is -4.26. The van der Waals surface area contributed by atoms with Crippen molar-refractivity contribution >= 4 is 11.5 Å². The van der Waals surface area contributed by atoms with Crippen LogP contribution in [0.2, 0.25) is 0 Å². The van der Waals surface area contributed by atoms with Crippen molar-refractivity contribution in [3.63, 3.8) is 0 Å². The zero-order valence-corrected chi connectivity index (χ0v) is 10.8. The van der Waals surface area contributed by atoms with Crippen molar-refractivity contribution in [2.45, 2.75) is 25.9 Å². The molecule has 1 heterocycles. The SMILES string of the molecule is CCCc1nnsc1C(O)c1ccc(F)c(F)c1F. The topological polar surface area (TPSA) is 46.0 Å². The minimum absolute atomic E-state index is 0.317. The third-order valence-corrected chi connectivity index (χ3v) is 3.50. The van der Waals surface area contributed by atoms with Gasteiger partial charge in [0, 0.05) is 5.56 Å². The molecule has 19 heavy (non-hydrogen) atoms. The molecule has 1 atom stereocenters. The second-order valence-electron chi connectivity index (χ2n) is 4.00. The van der Waals surface area contributed by atoms with Gasteiger partial charge in [-0.05, 0) is 30.1 Å². The minimum atomic E-state index is -1.59. The summed E-state index contributed by atoms with van der Waals surface area (Å²) in [4.78, 5) is 0.353. The van der Waals surface area contributed by atoms with Crippen LogP contribution in [0.1, 0.15) is 35.6 Å². The Labute approximate surface area is 111 Å². The van der Waals surface area contributed by atoms with Crippen LogP contribution in [0, 0.1) is 17.5 Å². The Kier molecular flexibility index (Phi) is 4.16. The third kappa shape index (κ3) is 2.62. The molecule has 7 heteroatoms. The number of aliphatic hydroxyl groups is 1. The average Bonchev–Trinajstić information content (AvgIpc) is 2.84. The van der Waals surface area contributed by atoms with E-state index in [1.54, 1.807) is 0 Å². The number of rotatable bonds is 4. The Morgan fingerprint density at radius 2 is 2.00 bits per heavy atom. The predicted octanol–water partition coefficient (Wildman–Crippen LogP) is 2.99. The van der Waals surface area contributed by atoms with Crippen molar-refractivity contribution in [1.29, 1.82) is 0 Å². The first-order valence-electron chi connectivity index (χ1n) is 5.68. The molecule has 0 saturated carbocycles. The summed E-state index contributed by atoms with van der Waals surface area (Å²) in [6.07, 6.45) is -0.0313. The van der Waals surface area contributed by atoms with E-state index in [2.05, 4.69) is 9.59 Å². The van der Waals surface area contributed by atoms with E-state index in [0.717, 1.165) is 30.1 Å². The van der Waals surface area contributed by atoms with Gasteiger partial charge in [-0.15, -0.1) is 5.10 Å². The summed E-state index contributed by atoms with van der Waals surface area (Å²) < 4.78 is 43.3. The molecule has 0 fully saturated rings. The summed E-state index contributed by atoms with van der Waals surface area (Å²) in [6, 6.07) is 1.80. The van der Waals surface area contributed by atoms with E-state index in [4.69, 9.17) is 0 Å². The van der Waals surface area contributed by atoms with E-state index in [1.807, 2.05) is 6.92 Å². The molecular formula is C12H11F3N2OS. The molecule has 1 aromatic heterocycles. The monoisotopic (exact) mass is 288 g/mol. The molecule has 3 nitrogen and oxygen atoms in total. The molecule has 1 unspecified atom stereocenters. The summed E-state index contributed by atoms with van der Waals surface area (Å²) in [5.41, 5.74) is 0.228. The van der Waals surface area contributed by atoms with Crippen LogP contribution in [-0.4, -0.2) is 14.7 Å². The molecule has 0 bridgehead atoms. The number of aromatic nitrogens is 2. The Morgan fingerprint density at radius 1 is 1.26 bits per heavy atom. The van der Waals surface area contributed by atoms with Gasteiger partial charge >= 0.3 is 0 Å². The standard InChI is InChI=1S/C12H11F3N2OS/c1-2-3-8-12(19-17-16-8)11(18)6-4-5-7(13)10(15)9(6)14/h4-5,11,18H,2-3H2,1H3. The lowest BCUT2D eigenvalue weighted by molar-refractivity contribution is 0.215. The van der Waals surface area contributed by atoms with Crippen molar-refractivity contribution in [3.8, 4) is 0 Å². The van der Waals surface area contributed by atoms with E-state index in [0.29, 0.717) is 17.0 Å². The molecule has 0 saturated heterocycles. The Hall–Kier alpha value is -1.47. The molecule has 0 aliphatic heterocycles. The lowest BCUT2D eigenvalue weighted by Gasteiger charge is -2.11. The Balaban J connectivity index is 2.41. The highest BCUT2D eigenvalue weighted by Gasteiger charge is 2.24. The van der Waals surface area contributed by atoms with Crippen LogP contribution in [0.15, 0.2) is 12.1 Å². The van der Waals surface area contributed by atoms with Crippen LogP contribution < -0.4 is 0 Å². The van der Waals surface area contributed by atoms with E-state index >= 15 is 0 Å². The summed E-state index contributed by atoms with van der Waals surface area (Å²) in [7, 11) is 0. The van der Waals surface area contributed by atoms with Crippen LogP contribution in [-0.2, 0) is 6.42 Å². The maximum atomic E-state index is 13.6. The number of aliphatic hydroxyl groups excluding tert-OH is 1. The molecule has 0 aliphatic rings. The molecule has 102 valence electrons. The maximum absolute atomic E-state index is 13.6. The lowest BCUT2D eigenvalue weighted by Crippen LogP contribution is -2.06. The van der Waals surface area contributed by atoms with Crippen molar-refractivity contribution in [2.24, 2.45) is 0 Å². The van der Waals surface area contributed by atoms with Gasteiger partial charge in [0.15, 0.2) is 17.5 Å². The summed E-state index contributed by atoms with van der Waals surface area (Å²) in [6.45, 7) is 1.92. The highest BCUT2D eigenvalue weighted by Crippen LogP contribution is 2.30. The summed E-state index contributed by atoms with van der Waals surface area (Å²) in [5, 5.41) is 13.9. The van der Waals surface area contributed by atoms with Crippen LogP contribution in [0.25, 0.3) is 0 Å². The van der Waals surface area contributed by atoms with Gasteiger partial charge < -0.3 is 5.11 Å². The van der Waals surface area contributed by atoms with Gasteiger partial charge in [-0.3, -0.25) is 0 Å². The van der Waals surface area contributed by atoms with Gasteiger partial charge in [0.1, 0.15) is 6.10 Å². The van der Waals surface area contributed by atoms with E-state index in [9.17, 15) is 18.3 Å². The number of nitrogens with zero attached hydrogens (tertiary/aromatic N) is 2. The second kappa shape index (κ2) is 5.66. The zero-order valence-electron chi connectivity index (χ0n) is 10.0. The van der Waals surface area contributed by atoms with Crippen molar-refractivity contribution < 1.29 is 18.3 Å². The number of benzene rings is 1. The van der Waals surface area contributed by atoms with E-state index in [1.165, 1.54) is 0 Å². The summed E-state index contributed by atoms with van der Waals surface area (Å²) >= 11 is 0.917. The first-order chi connectivity index (χ1) is 9.06. The molecule has 0 aliphatic carbocycles. The quantitative estimate of drug-likeness (QED) is 0.880. The fourth-order valence-electron chi connectivity index (χ4n) is 1.73. The highest BCUT2D eigenvalue weighted by molar-refractivity contribution is 7.05. The van der Waals surface area contributed by atoms with Crippen LogP contribution in [0.3, 0.4) is 0 Å². The maximum Gasteiger partial charge on any atom is 0.194 e. The zero-order chi connectivity index (χ0) is 14.0. The number of hydrogen-bond acceptors (Lipinski definition) is 4. The van der Waals surface area contributed by atoms with Crippen LogP contribution in [0.4, 0.5) is 13.2 Å². The molecular weight excluding hydrogens is 277 g/mol. The smallest absolute Gasteiger partial charge is 0.194 e. The Bertz CT molecular complexity index is 588. The fraction of sp³-hybridized carbons (Fsp3) is 0.333. The van der Waals surface area contributed by atoms with Gasteiger partial charge in [-0.25, -0.2) is 13.2 Å². The second-order valence-corrected chi connectivity index (χ2v) is 4.79. The Morgan fingerprint density at radius 3 is 2.68 bits per heavy atom. The number of hydrogen-bond donors (Lipinski definition) is 1. The van der Waals surface area contributed by atoms with E-state index < -0.39 is 23.6 Å². The minimum Gasteiger partial charge on any atom is -0.383 e. The molecule has 0 amide bonds. The van der Waals surface area contributed by atoms with Crippen molar-refractivity contribution in [3.05, 3.63) is 45.7 Å². The number of aryl methyl sites for hydroxylation is 1. The molecule has 1 N–H and O–H groups in total. The third-order valence-electron chi connectivity index (χ3n) is 2.68. The predicted molar refractivity (Wildman–Crippen MR) is 64.3 cm³/mol. The van der Waals surface area contributed by atoms with Crippen molar-refractivity contribution in [1.82, 2.24) is 9.59 Å².